The molecule has 0 aliphatic carbocycles. The van der Waals surface area contributed by atoms with Crippen molar-refractivity contribution in [3.63, 3.8) is 0 Å². The third-order valence-electron chi connectivity index (χ3n) is 1.32. The van der Waals surface area contributed by atoms with Crippen molar-refractivity contribution in [2.75, 3.05) is 13.6 Å². The molecule has 0 fully saturated rings. The van der Waals surface area contributed by atoms with Crippen LogP contribution in [0.1, 0.15) is 20.8 Å². The lowest BCUT2D eigenvalue weighted by molar-refractivity contribution is 0.170. The summed E-state index contributed by atoms with van der Waals surface area (Å²) in [4.78, 5) is 0. The van der Waals surface area contributed by atoms with Crippen LogP contribution < -0.4 is 4.72 Å². The van der Waals surface area contributed by atoms with E-state index in [0.29, 0.717) is 0 Å². The summed E-state index contributed by atoms with van der Waals surface area (Å²) in [6.07, 6.45) is -0.659. The smallest absolute Gasteiger partial charge is 0.279 e. The molecular weight excluding hydrogens is 192 g/mol. The van der Waals surface area contributed by atoms with Crippen LogP contribution in [0.2, 0.25) is 0 Å². The van der Waals surface area contributed by atoms with Crippen molar-refractivity contribution in [2.24, 2.45) is 0 Å². The number of aliphatic hydroxyl groups is 1. The molecule has 0 heterocycles. The molecule has 0 radical (unpaired) electrons. The Kier molecular flexibility index (Phi) is 4.83. The van der Waals surface area contributed by atoms with E-state index in [1.165, 1.54) is 7.05 Å². The van der Waals surface area contributed by atoms with Gasteiger partial charge in [0.25, 0.3) is 10.2 Å². The predicted octanol–water partition coefficient (Wildman–Crippen LogP) is -0.458. The summed E-state index contributed by atoms with van der Waals surface area (Å²) in [6.45, 7) is 5.13. The van der Waals surface area contributed by atoms with Crippen molar-refractivity contribution in [2.45, 2.75) is 32.9 Å². The minimum Gasteiger partial charge on any atom is -0.392 e. The second-order valence-electron chi connectivity index (χ2n) is 3.41. The van der Waals surface area contributed by atoms with Gasteiger partial charge in [-0.25, -0.2) is 0 Å². The van der Waals surface area contributed by atoms with Crippen molar-refractivity contribution >= 4 is 10.2 Å². The maximum Gasteiger partial charge on any atom is 0.279 e. The highest BCUT2D eigenvalue weighted by molar-refractivity contribution is 7.87. The molecule has 0 saturated carbocycles. The molecule has 0 aliphatic rings. The van der Waals surface area contributed by atoms with Crippen LogP contribution in [0.4, 0.5) is 0 Å². The third kappa shape index (κ3) is 5.20. The number of nitrogens with zero attached hydrogens (tertiary/aromatic N) is 1. The molecule has 1 atom stereocenters. The molecule has 6 heteroatoms. The van der Waals surface area contributed by atoms with Crippen LogP contribution in [-0.4, -0.2) is 43.6 Å². The van der Waals surface area contributed by atoms with Gasteiger partial charge in [0.15, 0.2) is 0 Å². The monoisotopic (exact) mass is 210 g/mol. The first-order chi connectivity index (χ1) is 5.75. The molecule has 0 aromatic rings. The molecule has 2 N–H and O–H groups in total. The van der Waals surface area contributed by atoms with Gasteiger partial charge in [-0.15, -0.1) is 0 Å². The van der Waals surface area contributed by atoms with Crippen LogP contribution >= 0.6 is 0 Å². The molecule has 5 nitrogen and oxygen atoms in total. The molecule has 1 unspecified atom stereocenters. The van der Waals surface area contributed by atoms with E-state index in [-0.39, 0.29) is 12.6 Å². The zero-order chi connectivity index (χ0) is 10.6. The lowest BCUT2D eigenvalue weighted by Gasteiger charge is -2.20. The van der Waals surface area contributed by atoms with Crippen molar-refractivity contribution in [3.8, 4) is 0 Å². The highest BCUT2D eigenvalue weighted by atomic mass is 32.2. The van der Waals surface area contributed by atoms with Gasteiger partial charge in [-0.2, -0.15) is 17.4 Å². The van der Waals surface area contributed by atoms with E-state index in [4.69, 9.17) is 5.11 Å². The first-order valence-electron chi connectivity index (χ1n) is 4.17. The molecule has 0 aliphatic heterocycles. The molecule has 80 valence electrons. The summed E-state index contributed by atoms with van der Waals surface area (Å²) < 4.78 is 26.3. The molecule has 0 spiro atoms. The quantitative estimate of drug-likeness (QED) is 0.645. The Morgan fingerprint density at radius 2 is 1.85 bits per heavy atom. The van der Waals surface area contributed by atoms with Crippen molar-refractivity contribution < 1.29 is 13.5 Å². The zero-order valence-corrected chi connectivity index (χ0v) is 9.30. The van der Waals surface area contributed by atoms with Gasteiger partial charge in [-0.05, 0) is 20.8 Å². The van der Waals surface area contributed by atoms with Crippen LogP contribution in [-0.2, 0) is 10.2 Å². The summed E-state index contributed by atoms with van der Waals surface area (Å²) in [5.74, 6) is 0. The molecule has 0 aromatic heterocycles. The number of hydrogen-bond acceptors (Lipinski definition) is 3. The van der Waals surface area contributed by atoms with Crippen molar-refractivity contribution in [1.29, 1.82) is 0 Å². The first kappa shape index (κ1) is 12.8. The Bertz CT molecular complexity index is 236. The predicted molar refractivity (Wildman–Crippen MR) is 51.5 cm³/mol. The number of rotatable bonds is 5. The Hall–Kier alpha value is -0.170. The van der Waals surface area contributed by atoms with Gasteiger partial charge >= 0.3 is 0 Å². The van der Waals surface area contributed by atoms with Crippen molar-refractivity contribution in [1.82, 2.24) is 9.03 Å². The van der Waals surface area contributed by atoms with Gasteiger partial charge in [0.1, 0.15) is 0 Å². The van der Waals surface area contributed by atoms with Gasteiger partial charge in [0, 0.05) is 19.6 Å². The van der Waals surface area contributed by atoms with E-state index in [0.717, 1.165) is 4.31 Å². The van der Waals surface area contributed by atoms with Gasteiger partial charge in [0.2, 0.25) is 0 Å². The molecule has 0 rings (SSSR count). The molecular formula is C7H18N2O3S. The molecule has 0 bridgehead atoms. The summed E-state index contributed by atoms with van der Waals surface area (Å²) in [6, 6.07) is -0.138. The maximum absolute atomic E-state index is 11.4. The second kappa shape index (κ2) is 4.90. The number of hydrogen-bond donors (Lipinski definition) is 2. The summed E-state index contributed by atoms with van der Waals surface area (Å²) in [5, 5.41) is 8.99. The highest BCUT2D eigenvalue weighted by Crippen LogP contribution is 1.97. The Morgan fingerprint density at radius 1 is 1.38 bits per heavy atom. The highest BCUT2D eigenvalue weighted by Gasteiger charge is 2.19. The third-order valence-corrected chi connectivity index (χ3v) is 3.06. The zero-order valence-electron chi connectivity index (χ0n) is 8.48. The van der Waals surface area contributed by atoms with Gasteiger partial charge in [0.05, 0.1) is 6.10 Å². The van der Waals surface area contributed by atoms with Gasteiger partial charge < -0.3 is 5.11 Å². The number of nitrogens with one attached hydrogen (secondary N) is 1. The van der Waals surface area contributed by atoms with E-state index in [2.05, 4.69) is 4.72 Å². The minimum atomic E-state index is -3.43. The van der Waals surface area contributed by atoms with Crippen LogP contribution in [0.5, 0.6) is 0 Å². The summed E-state index contributed by atoms with van der Waals surface area (Å²) in [7, 11) is -2.00. The first-order valence-corrected chi connectivity index (χ1v) is 5.61. The summed E-state index contributed by atoms with van der Waals surface area (Å²) in [5.41, 5.74) is 0. The fraction of sp³-hybridized carbons (Fsp3) is 1.00. The summed E-state index contributed by atoms with van der Waals surface area (Å²) >= 11 is 0. The molecule has 0 amide bonds. The SMILES string of the molecule is CC(O)CN(C)S(=O)(=O)NC(C)C. The van der Waals surface area contributed by atoms with E-state index < -0.39 is 16.3 Å². The van der Waals surface area contributed by atoms with E-state index >= 15 is 0 Å². The Morgan fingerprint density at radius 3 is 2.15 bits per heavy atom. The molecule has 13 heavy (non-hydrogen) atoms. The topological polar surface area (TPSA) is 69.6 Å². The fourth-order valence-corrected chi connectivity index (χ4v) is 2.05. The van der Waals surface area contributed by atoms with Crippen LogP contribution in [0.15, 0.2) is 0 Å². The lowest BCUT2D eigenvalue weighted by Crippen LogP contribution is -2.43. The largest absolute Gasteiger partial charge is 0.392 e. The van der Waals surface area contributed by atoms with Gasteiger partial charge in [-0.3, -0.25) is 0 Å². The Labute approximate surface area is 79.9 Å². The Balaban J connectivity index is 4.29. The average Bonchev–Trinajstić information content (AvgIpc) is 1.81. The van der Waals surface area contributed by atoms with E-state index in [9.17, 15) is 8.42 Å². The van der Waals surface area contributed by atoms with Crippen LogP contribution in [0.25, 0.3) is 0 Å². The fourth-order valence-electron chi connectivity index (χ4n) is 0.858. The normalized spacial score (nSPS) is 15.3. The van der Waals surface area contributed by atoms with Crippen LogP contribution in [0.3, 0.4) is 0 Å². The standard InChI is InChI=1S/C7H18N2O3S/c1-6(2)8-13(11,12)9(4)5-7(3)10/h6-8,10H,5H2,1-4H3. The van der Waals surface area contributed by atoms with Crippen LogP contribution in [0, 0.1) is 0 Å². The minimum absolute atomic E-state index is 0.0993. The number of likely N-dealkylation sites (N-methyl/N-ethyl adjacent to an activating group) is 1. The maximum atomic E-state index is 11.4. The lowest BCUT2D eigenvalue weighted by atomic mass is 10.4. The molecule has 0 saturated heterocycles. The second-order valence-corrected chi connectivity index (χ2v) is 5.22. The van der Waals surface area contributed by atoms with E-state index in [1.807, 2.05) is 0 Å². The average molecular weight is 210 g/mol. The van der Waals surface area contributed by atoms with Crippen molar-refractivity contribution in [3.05, 3.63) is 0 Å². The number of aliphatic hydroxyl groups excluding tert-OH is 1. The van der Waals surface area contributed by atoms with E-state index in [1.54, 1.807) is 20.8 Å². The van der Waals surface area contributed by atoms with Gasteiger partial charge in [-0.1, -0.05) is 0 Å². The molecule has 0 aromatic carbocycles.